The number of methoxy groups -OCH3 is 1. The Morgan fingerprint density at radius 3 is 2.18 bits per heavy atom. The van der Waals surface area contributed by atoms with Crippen molar-refractivity contribution in [1.82, 2.24) is 10.2 Å². The lowest BCUT2D eigenvalue weighted by Crippen LogP contribution is -2.50. The molecule has 3 rings (SSSR count). The Bertz CT molecular complexity index is 1180. The predicted octanol–water partition coefficient (Wildman–Crippen LogP) is 4.67. The second-order valence-electron chi connectivity index (χ2n) is 10.3. The fourth-order valence-corrected chi connectivity index (χ4v) is 5.95. The molecule has 1 unspecified atom stereocenters. The molecular weight excluding hydrogens is 514 g/mol. The van der Waals surface area contributed by atoms with Crippen LogP contribution >= 0.6 is 0 Å². The number of hydrogen-bond donors (Lipinski definition) is 1. The number of nitrogens with one attached hydrogen (secondary N) is 1. The number of ether oxygens (including phenoxy) is 1. The summed E-state index contributed by atoms with van der Waals surface area (Å²) in [6.45, 7) is 4.26. The summed E-state index contributed by atoms with van der Waals surface area (Å²) in [4.78, 5) is 28.3. The fourth-order valence-electron chi connectivity index (χ4n) is 4.98. The quantitative estimate of drug-likeness (QED) is 0.386. The van der Waals surface area contributed by atoms with Crippen LogP contribution in [0, 0.1) is 0 Å². The van der Waals surface area contributed by atoms with Crippen molar-refractivity contribution < 1.29 is 22.7 Å². The molecule has 39 heavy (non-hydrogen) atoms. The molecule has 0 heterocycles. The largest absolute Gasteiger partial charge is 0.497 e. The molecule has 1 aliphatic rings. The monoisotopic (exact) mass is 557 g/mol. The summed E-state index contributed by atoms with van der Waals surface area (Å²) in [5, 5.41) is 3.14. The van der Waals surface area contributed by atoms with E-state index in [1.54, 1.807) is 31.1 Å². The van der Waals surface area contributed by atoms with Gasteiger partial charge in [0, 0.05) is 25.6 Å². The van der Waals surface area contributed by atoms with E-state index in [4.69, 9.17) is 4.74 Å². The highest BCUT2D eigenvalue weighted by Crippen LogP contribution is 2.22. The minimum Gasteiger partial charge on any atom is -0.497 e. The molecule has 9 heteroatoms. The smallest absolute Gasteiger partial charge is 0.242 e. The summed E-state index contributed by atoms with van der Waals surface area (Å²) in [5.41, 5.74) is 2.59. The fraction of sp³-hybridized carbons (Fsp3) is 0.533. The number of nitrogens with zero attached hydrogens (tertiary/aromatic N) is 2. The van der Waals surface area contributed by atoms with E-state index in [0.717, 1.165) is 43.2 Å². The van der Waals surface area contributed by atoms with Crippen LogP contribution in [0.4, 0.5) is 5.69 Å². The number of benzene rings is 2. The highest BCUT2D eigenvalue weighted by Gasteiger charge is 2.28. The summed E-state index contributed by atoms with van der Waals surface area (Å²) in [5.74, 6) is 0.372. The molecule has 0 saturated heterocycles. The number of rotatable bonds is 13. The van der Waals surface area contributed by atoms with Gasteiger partial charge in [-0.05, 0) is 68.0 Å². The van der Waals surface area contributed by atoms with Crippen molar-refractivity contribution in [2.24, 2.45) is 0 Å². The highest BCUT2D eigenvalue weighted by molar-refractivity contribution is 7.92. The van der Waals surface area contributed by atoms with Crippen molar-refractivity contribution in [3.8, 4) is 5.75 Å². The Kier molecular flexibility index (Phi) is 11.2. The van der Waals surface area contributed by atoms with Crippen LogP contribution in [0.5, 0.6) is 5.75 Å². The third-order valence-corrected chi connectivity index (χ3v) is 8.61. The first-order valence-corrected chi connectivity index (χ1v) is 15.8. The SMILES string of the molecule is CCc1ccc(N(CCCC(=O)N(Cc2ccc(OC)cc2)C(C)C(=O)NC2CCCCC2)S(C)(=O)=O)cc1. The molecule has 1 aliphatic carbocycles. The van der Waals surface area contributed by atoms with Crippen LogP contribution in [0.2, 0.25) is 0 Å². The van der Waals surface area contributed by atoms with E-state index in [1.165, 1.54) is 17.0 Å². The summed E-state index contributed by atoms with van der Waals surface area (Å²) < 4.78 is 31.7. The standard InChI is InChI=1S/C30H43N3O5S/c1-5-24-13-17-27(18-14-24)33(39(4,36)37)21-9-12-29(34)32(22-25-15-19-28(38-3)20-16-25)23(2)30(35)31-26-10-7-6-8-11-26/h13-20,23,26H,5-12,21-22H2,1-4H3,(H,31,35). The summed E-state index contributed by atoms with van der Waals surface area (Å²) >= 11 is 0. The number of hydrogen-bond acceptors (Lipinski definition) is 5. The van der Waals surface area contributed by atoms with Crippen LogP contribution < -0.4 is 14.4 Å². The van der Waals surface area contributed by atoms with Gasteiger partial charge < -0.3 is 15.0 Å². The number of sulfonamides is 1. The summed E-state index contributed by atoms with van der Waals surface area (Å²) in [6, 6.07) is 14.4. The second kappa shape index (κ2) is 14.4. The molecule has 8 nitrogen and oxygen atoms in total. The Hall–Kier alpha value is -3.07. The third kappa shape index (κ3) is 8.98. The number of carbonyl (C=O) groups is 2. The van der Waals surface area contributed by atoms with Gasteiger partial charge in [0.25, 0.3) is 0 Å². The molecule has 1 N–H and O–H groups in total. The second-order valence-corrected chi connectivity index (χ2v) is 12.3. The van der Waals surface area contributed by atoms with Gasteiger partial charge in [0.15, 0.2) is 0 Å². The van der Waals surface area contributed by atoms with Gasteiger partial charge >= 0.3 is 0 Å². The van der Waals surface area contributed by atoms with Crippen molar-refractivity contribution in [2.75, 3.05) is 24.2 Å². The van der Waals surface area contributed by atoms with Crippen molar-refractivity contribution in [3.05, 3.63) is 59.7 Å². The minimum atomic E-state index is -3.52. The van der Waals surface area contributed by atoms with Crippen molar-refractivity contribution in [2.45, 2.75) is 83.8 Å². The molecule has 2 amide bonds. The number of carbonyl (C=O) groups excluding carboxylic acids is 2. The molecule has 214 valence electrons. The van der Waals surface area contributed by atoms with E-state index in [2.05, 4.69) is 5.32 Å². The Balaban J connectivity index is 1.71. The number of amides is 2. The van der Waals surface area contributed by atoms with Gasteiger partial charge in [-0.15, -0.1) is 0 Å². The van der Waals surface area contributed by atoms with Crippen molar-refractivity contribution in [3.63, 3.8) is 0 Å². The molecule has 2 aromatic rings. The van der Waals surface area contributed by atoms with Gasteiger partial charge in [-0.3, -0.25) is 13.9 Å². The first-order valence-electron chi connectivity index (χ1n) is 13.9. The minimum absolute atomic E-state index is 0.121. The Labute approximate surface area is 233 Å². The zero-order valence-electron chi connectivity index (χ0n) is 23.7. The Morgan fingerprint density at radius 2 is 1.62 bits per heavy atom. The molecule has 1 atom stereocenters. The van der Waals surface area contributed by atoms with Crippen LogP contribution in [-0.2, 0) is 32.6 Å². The first-order chi connectivity index (χ1) is 18.6. The van der Waals surface area contributed by atoms with E-state index in [1.807, 2.05) is 43.3 Å². The first kappa shape index (κ1) is 30.5. The molecule has 2 aromatic carbocycles. The third-order valence-electron chi connectivity index (χ3n) is 7.42. The van der Waals surface area contributed by atoms with E-state index < -0.39 is 16.1 Å². The topological polar surface area (TPSA) is 96.0 Å². The molecule has 0 aliphatic heterocycles. The van der Waals surface area contributed by atoms with E-state index in [0.29, 0.717) is 17.9 Å². The molecular formula is C30H43N3O5S. The van der Waals surface area contributed by atoms with E-state index in [-0.39, 0.29) is 37.4 Å². The van der Waals surface area contributed by atoms with Gasteiger partial charge in [0.2, 0.25) is 21.8 Å². The van der Waals surface area contributed by atoms with Crippen LogP contribution in [0.1, 0.15) is 69.9 Å². The lowest BCUT2D eigenvalue weighted by Gasteiger charge is -2.31. The number of aryl methyl sites for hydroxylation is 1. The van der Waals surface area contributed by atoms with Gasteiger partial charge in [0.1, 0.15) is 11.8 Å². The zero-order valence-corrected chi connectivity index (χ0v) is 24.5. The number of anilines is 1. The van der Waals surface area contributed by atoms with Crippen molar-refractivity contribution in [1.29, 1.82) is 0 Å². The van der Waals surface area contributed by atoms with Gasteiger partial charge in [-0.1, -0.05) is 50.5 Å². The van der Waals surface area contributed by atoms with Crippen LogP contribution in [0.3, 0.4) is 0 Å². The lowest BCUT2D eigenvalue weighted by molar-refractivity contribution is -0.141. The molecule has 0 bridgehead atoms. The molecule has 1 fully saturated rings. The maximum atomic E-state index is 13.5. The zero-order chi connectivity index (χ0) is 28.4. The van der Waals surface area contributed by atoms with Crippen LogP contribution in [0.25, 0.3) is 0 Å². The van der Waals surface area contributed by atoms with Gasteiger partial charge in [-0.25, -0.2) is 8.42 Å². The van der Waals surface area contributed by atoms with E-state index in [9.17, 15) is 18.0 Å². The molecule has 1 saturated carbocycles. The van der Waals surface area contributed by atoms with Crippen LogP contribution in [-0.4, -0.2) is 57.1 Å². The van der Waals surface area contributed by atoms with E-state index >= 15 is 0 Å². The molecule has 0 radical (unpaired) electrons. The lowest BCUT2D eigenvalue weighted by atomic mass is 9.95. The van der Waals surface area contributed by atoms with Crippen molar-refractivity contribution >= 4 is 27.5 Å². The summed E-state index contributed by atoms with van der Waals surface area (Å²) in [6.07, 6.45) is 7.82. The molecule has 0 spiro atoms. The van der Waals surface area contributed by atoms with Gasteiger partial charge in [-0.2, -0.15) is 0 Å². The maximum Gasteiger partial charge on any atom is 0.242 e. The average molecular weight is 558 g/mol. The summed E-state index contributed by atoms with van der Waals surface area (Å²) in [7, 11) is -1.93. The van der Waals surface area contributed by atoms with Crippen LogP contribution in [0.15, 0.2) is 48.5 Å². The Morgan fingerprint density at radius 1 is 1.00 bits per heavy atom. The maximum absolute atomic E-state index is 13.5. The predicted molar refractivity (Wildman–Crippen MR) is 155 cm³/mol. The normalized spacial score (nSPS) is 14.9. The van der Waals surface area contributed by atoms with Gasteiger partial charge in [0.05, 0.1) is 19.1 Å². The average Bonchev–Trinajstić information content (AvgIpc) is 2.94. The highest BCUT2D eigenvalue weighted by atomic mass is 32.2. The molecule has 0 aromatic heterocycles.